The van der Waals surface area contributed by atoms with Crippen LogP contribution in [0.4, 0.5) is 11.6 Å². The Bertz CT molecular complexity index is 435. The largest absolute Gasteiger partial charge is 0.370 e. The smallest absolute Gasteiger partial charge is 0.219 e. The first-order valence-electron chi connectivity index (χ1n) is 5.66. The number of carbonyl (C=O) groups excluding carboxylic acids is 1. The minimum absolute atomic E-state index is 0.222. The van der Waals surface area contributed by atoms with Gasteiger partial charge < -0.3 is 16.4 Å². The number of nitrogens with one attached hydrogen (secondary N) is 2. The van der Waals surface area contributed by atoms with Crippen LogP contribution in [-0.2, 0) is 4.79 Å². The first-order valence-corrected chi connectivity index (χ1v) is 6.46. The van der Waals surface area contributed by atoms with Crippen LogP contribution in [0.15, 0.2) is 10.8 Å². The van der Waals surface area contributed by atoms with Gasteiger partial charge in [0, 0.05) is 18.5 Å². The maximum absolute atomic E-state index is 11.0. The Morgan fingerprint density at radius 2 is 2.06 bits per heavy atom. The summed E-state index contributed by atoms with van der Waals surface area (Å²) in [6.45, 7) is 6.52. The van der Waals surface area contributed by atoms with E-state index in [1.165, 1.54) is 6.33 Å². The molecule has 0 fully saturated rings. The highest BCUT2D eigenvalue weighted by molar-refractivity contribution is 9.10. The van der Waals surface area contributed by atoms with Gasteiger partial charge in [-0.1, -0.05) is 0 Å². The minimum atomic E-state index is -0.466. The molecule has 18 heavy (non-hydrogen) atoms. The molecule has 0 aliphatic rings. The summed E-state index contributed by atoms with van der Waals surface area (Å²) >= 11 is 3.43. The van der Waals surface area contributed by atoms with E-state index >= 15 is 0 Å². The molecule has 1 amide bonds. The lowest BCUT2D eigenvalue weighted by Crippen LogP contribution is -2.36. The fraction of sp³-hybridized carbons (Fsp3) is 0.545. The van der Waals surface area contributed by atoms with Gasteiger partial charge in [0.15, 0.2) is 0 Å². The van der Waals surface area contributed by atoms with E-state index in [1.54, 1.807) is 0 Å². The van der Waals surface area contributed by atoms with Crippen molar-refractivity contribution in [2.45, 2.75) is 32.7 Å². The topological polar surface area (TPSA) is 92.9 Å². The van der Waals surface area contributed by atoms with Crippen LogP contribution in [0.25, 0.3) is 0 Å². The molecule has 0 saturated heterocycles. The standard InChI is InChI=1S/C11H18BrN5O/c1-4-14-9-8(12)10(16-6-15-9)17-11(2,3)5-7(13)18/h6H,4-5H2,1-3H3,(H2,13,18)(H2,14,15,16,17). The number of rotatable bonds is 6. The first kappa shape index (κ1) is 14.7. The monoisotopic (exact) mass is 315 g/mol. The molecule has 0 saturated carbocycles. The number of halogens is 1. The highest BCUT2D eigenvalue weighted by Gasteiger charge is 2.22. The molecular weight excluding hydrogens is 298 g/mol. The number of carbonyl (C=O) groups is 1. The molecule has 1 heterocycles. The molecule has 0 aromatic carbocycles. The molecule has 0 bridgehead atoms. The van der Waals surface area contributed by atoms with Gasteiger partial charge in [0.25, 0.3) is 0 Å². The van der Waals surface area contributed by atoms with Gasteiger partial charge in [-0.15, -0.1) is 0 Å². The molecule has 100 valence electrons. The van der Waals surface area contributed by atoms with Crippen molar-refractivity contribution in [3.05, 3.63) is 10.8 Å². The molecule has 0 aliphatic carbocycles. The third-order valence-corrected chi connectivity index (χ3v) is 2.96. The summed E-state index contributed by atoms with van der Waals surface area (Å²) in [7, 11) is 0. The fourth-order valence-electron chi connectivity index (χ4n) is 1.55. The van der Waals surface area contributed by atoms with Crippen LogP contribution in [0.5, 0.6) is 0 Å². The predicted octanol–water partition coefficient (Wildman–Crippen LogP) is 1.74. The number of aromatic nitrogens is 2. The summed E-state index contributed by atoms with van der Waals surface area (Å²) in [6.07, 6.45) is 1.69. The van der Waals surface area contributed by atoms with Gasteiger partial charge in [-0.25, -0.2) is 9.97 Å². The number of hydrogen-bond donors (Lipinski definition) is 3. The predicted molar refractivity (Wildman–Crippen MR) is 75.4 cm³/mol. The molecule has 1 aromatic rings. The highest BCUT2D eigenvalue weighted by atomic mass is 79.9. The highest BCUT2D eigenvalue weighted by Crippen LogP contribution is 2.29. The first-order chi connectivity index (χ1) is 8.35. The van der Waals surface area contributed by atoms with Gasteiger partial charge in [-0.05, 0) is 36.7 Å². The van der Waals surface area contributed by atoms with E-state index in [-0.39, 0.29) is 12.3 Å². The van der Waals surface area contributed by atoms with Crippen LogP contribution in [0, 0.1) is 0 Å². The summed E-state index contributed by atoms with van der Waals surface area (Å²) in [5, 5.41) is 6.29. The molecule has 6 nitrogen and oxygen atoms in total. The Labute approximate surface area is 115 Å². The Morgan fingerprint density at radius 3 is 2.61 bits per heavy atom. The van der Waals surface area contributed by atoms with E-state index in [0.29, 0.717) is 11.6 Å². The molecule has 0 atom stereocenters. The average molecular weight is 316 g/mol. The van der Waals surface area contributed by atoms with Crippen molar-refractivity contribution in [1.29, 1.82) is 0 Å². The van der Waals surface area contributed by atoms with Gasteiger partial charge in [0.1, 0.15) is 22.4 Å². The van der Waals surface area contributed by atoms with E-state index in [9.17, 15) is 4.79 Å². The van der Waals surface area contributed by atoms with E-state index in [2.05, 4.69) is 36.5 Å². The molecule has 4 N–H and O–H groups in total. The maximum atomic E-state index is 11.0. The van der Waals surface area contributed by atoms with Crippen molar-refractivity contribution in [3.8, 4) is 0 Å². The molecule has 1 rings (SSSR count). The van der Waals surface area contributed by atoms with Crippen molar-refractivity contribution in [1.82, 2.24) is 9.97 Å². The van der Waals surface area contributed by atoms with E-state index in [1.807, 2.05) is 20.8 Å². The summed E-state index contributed by atoms with van der Waals surface area (Å²) in [4.78, 5) is 19.3. The lowest BCUT2D eigenvalue weighted by atomic mass is 10.0. The summed E-state index contributed by atoms with van der Waals surface area (Å²) in [5.41, 5.74) is 4.75. The molecule has 0 radical (unpaired) electrons. The van der Waals surface area contributed by atoms with E-state index in [0.717, 1.165) is 11.0 Å². The van der Waals surface area contributed by atoms with Crippen LogP contribution in [-0.4, -0.2) is 28.0 Å². The van der Waals surface area contributed by atoms with Gasteiger partial charge in [-0.3, -0.25) is 4.79 Å². The van der Waals surface area contributed by atoms with Gasteiger partial charge in [-0.2, -0.15) is 0 Å². The van der Waals surface area contributed by atoms with Crippen molar-refractivity contribution in [2.24, 2.45) is 5.73 Å². The van der Waals surface area contributed by atoms with Gasteiger partial charge in [0.2, 0.25) is 5.91 Å². The summed E-state index contributed by atoms with van der Waals surface area (Å²) in [5.74, 6) is 0.988. The molecular formula is C11H18BrN5O. The normalized spacial score (nSPS) is 11.1. The van der Waals surface area contributed by atoms with Gasteiger partial charge >= 0.3 is 0 Å². The van der Waals surface area contributed by atoms with Gasteiger partial charge in [0.05, 0.1) is 0 Å². The van der Waals surface area contributed by atoms with Crippen molar-refractivity contribution in [3.63, 3.8) is 0 Å². The number of amides is 1. The van der Waals surface area contributed by atoms with Crippen LogP contribution >= 0.6 is 15.9 Å². The summed E-state index contributed by atoms with van der Waals surface area (Å²) < 4.78 is 0.740. The second kappa shape index (κ2) is 5.99. The maximum Gasteiger partial charge on any atom is 0.219 e. The van der Waals surface area contributed by atoms with E-state index in [4.69, 9.17) is 5.73 Å². The number of primary amides is 1. The molecule has 0 unspecified atom stereocenters. The number of nitrogens with two attached hydrogens (primary N) is 1. The Kier molecular flexibility index (Phi) is 4.89. The molecule has 0 spiro atoms. The molecule has 0 aliphatic heterocycles. The third kappa shape index (κ3) is 4.14. The van der Waals surface area contributed by atoms with Crippen LogP contribution in [0.1, 0.15) is 27.2 Å². The summed E-state index contributed by atoms with van der Waals surface area (Å²) in [6, 6.07) is 0. The lowest BCUT2D eigenvalue weighted by Gasteiger charge is -2.26. The number of hydrogen-bond acceptors (Lipinski definition) is 5. The van der Waals surface area contributed by atoms with Crippen LogP contribution in [0.2, 0.25) is 0 Å². The van der Waals surface area contributed by atoms with Crippen LogP contribution < -0.4 is 16.4 Å². The molecule has 1 aromatic heterocycles. The van der Waals surface area contributed by atoms with E-state index < -0.39 is 5.54 Å². The van der Waals surface area contributed by atoms with Crippen molar-refractivity contribution >= 4 is 33.5 Å². The zero-order chi connectivity index (χ0) is 13.8. The third-order valence-electron chi connectivity index (χ3n) is 2.21. The van der Waals surface area contributed by atoms with Crippen molar-refractivity contribution < 1.29 is 4.79 Å². The Hall–Kier alpha value is -1.37. The number of nitrogens with zero attached hydrogens (tertiary/aromatic N) is 2. The fourth-order valence-corrected chi connectivity index (χ4v) is 1.99. The van der Waals surface area contributed by atoms with Crippen LogP contribution in [0.3, 0.4) is 0 Å². The average Bonchev–Trinajstić information content (AvgIpc) is 2.22. The Morgan fingerprint density at radius 1 is 1.44 bits per heavy atom. The lowest BCUT2D eigenvalue weighted by molar-refractivity contribution is -0.118. The quantitative estimate of drug-likeness (QED) is 0.743. The molecule has 7 heteroatoms. The SMILES string of the molecule is CCNc1ncnc(NC(C)(C)CC(N)=O)c1Br. The zero-order valence-electron chi connectivity index (χ0n) is 10.7. The Balaban J connectivity index is 2.90. The number of anilines is 2. The zero-order valence-corrected chi connectivity index (χ0v) is 12.3. The minimum Gasteiger partial charge on any atom is -0.370 e. The second-order valence-electron chi connectivity index (χ2n) is 4.57. The second-order valence-corrected chi connectivity index (χ2v) is 5.36. The van der Waals surface area contributed by atoms with Crippen molar-refractivity contribution in [2.75, 3.05) is 17.2 Å².